The largest absolute Gasteiger partial charge is 0.325 e. The van der Waals surface area contributed by atoms with Gasteiger partial charge in [-0.1, -0.05) is 26.0 Å². The van der Waals surface area contributed by atoms with Gasteiger partial charge in [0.15, 0.2) is 5.82 Å². The molecule has 0 aliphatic rings. The quantitative estimate of drug-likeness (QED) is 0.728. The van der Waals surface area contributed by atoms with Crippen molar-refractivity contribution in [3.63, 3.8) is 0 Å². The number of carbonyl (C=O) groups is 1. The number of hydrogen-bond donors (Lipinski definition) is 2. The Balaban J connectivity index is 1.74. The van der Waals surface area contributed by atoms with Gasteiger partial charge in [0, 0.05) is 22.5 Å². The van der Waals surface area contributed by atoms with Gasteiger partial charge in [0.1, 0.15) is 5.82 Å². The molecule has 7 heteroatoms. The van der Waals surface area contributed by atoms with Crippen LogP contribution in [0.2, 0.25) is 0 Å². The summed E-state index contributed by atoms with van der Waals surface area (Å²) in [6.07, 6.45) is 0.270. The van der Waals surface area contributed by atoms with Gasteiger partial charge in [0.2, 0.25) is 5.91 Å². The number of aromatic nitrogens is 4. The zero-order chi connectivity index (χ0) is 18.0. The Morgan fingerprint density at radius 1 is 1.28 bits per heavy atom. The van der Waals surface area contributed by atoms with Crippen LogP contribution >= 0.6 is 11.3 Å². The molecule has 0 unspecified atom stereocenters. The van der Waals surface area contributed by atoms with Gasteiger partial charge in [-0.15, -0.1) is 11.3 Å². The number of thiazole rings is 1. The van der Waals surface area contributed by atoms with Gasteiger partial charge in [0.25, 0.3) is 0 Å². The molecule has 2 N–H and O–H groups in total. The molecule has 1 aromatic carbocycles. The Labute approximate surface area is 150 Å². The normalized spacial score (nSPS) is 11.1. The van der Waals surface area contributed by atoms with Crippen molar-refractivity contribution in [3.8, 4) is 11.4 Å². The zero-order valence-electron chi connectivity index (χ0n) is 14.8. The van der Waals surface area contributed by atoms with E-state index >= 15 is 0 Å². The summed E-state index contributed by atoms with van der Waals surface area (Å²) >= 11 is 1.60. The first-order chi connectivity index (χ1) is 11.9. The molecule has 0 atom stereocenters. The van der Waals surface area contributed by atoms with Crippen molar-refractivity contribution in [2.24, 2.45) is 0 Å². The van der Waals surface area contributed by atoms with Crippen LogP contribution in [-0.2, 0) is 11.2 Å². The van der Waals surface area contributed by atoms with Crippen LogP contribution in [0.25, 0.3) is 11.4 Å². The highest BCUT2D eigenvalue weighted by molar-refractivity contribution is 7.09. The van der Waals surface area contributed by atoms with Crippen molar-refractivity contribution >= 4 is 22.9 Å². The zero-order valence-corrected chi connectivity index (χ0v) is 15.6. The maximum Gasteiger partial charge on any atom is 0.230 e. The third kappa shape index (κ3) is 4.11. The molecule has 0 aliphatic carbocycles. The molecule has 2 heterocycles. The van der Waals surface area contributed by atoms with Crippen LogP contribution < -0.4 is 5.32 Å². The van der Waals surface area contributed by atoms with Crippen molar-refractivity contribution < 1.29 is 4.79 Å². The summed E-state index contributed by atoms with van der Waals surface area (Å²) in [6, 6.07) is 5.80. The molecule has 130 valence electrons. The lowest BCUT2D eigenvalue weighted by Gasteiger charge is -2.09. The van der Waals surface area contributed by atoms with Gasteiger partial charge in [-0.05, 0) is 25.5 Å². The van der Waals surface area contributed by atoms with E-state index in [1.165, 1.54) is 0 Å². The molecule has 0 bridgehead atoms. The molecule has 0 saturated heterocycles. The Bertz CT molecular complexity index is 897. The lowest BCUT2D eigenvalue weighted by Crippen LogP contribution is -2.15. The molecular formula is C18H21N5OS. The summed E-state index contributed by atoms with van der Waals surface area (Å²) in [5.41, 5.74) is 3.43. The van der Waals surface area contributed by atoms with E-state index in [1.54, 1.807) is 11.3 Å². The van der Waals surface area contributed by atoms with E-state index in [0.717, 1.165) is 33.3 Å². The van der Waals surface area contributed by atoms with E-state index in [2.05, 4.69) is 39.3 Å². The highest BCUT2D eigenvalue weighted by Gasteiger charge is 2.12. The van der Waals surface area contributed by atoms with Gasteiger partial charge in [-0.3, -0.25) is 9.89 Å². The number of anilines is 1. The van der Waals surface area contributed by atoms with E-state index in [-0.39, 0.29) is 12.3 Å². The molecule has 0 radical (unpaired) electrons. The Morgan fingerprint density at radius 3 is 2.72 bits per heavy atom. The van der Waals surface area contributed by atoms with Crippen molar-refractivity contribution in [1.29, 1.82) is 0 Å². The van der Waals surface area contributed by atoms with Crippen LogP contribution in [0.5, 0.6) is 0 Å². The van der Waals surface area contributed by atoms with Gasteiger partial charge < -0.3 is 5.32 Å². The number of benzene rings is 1. The number of nitrogens with zero attached hydrogens (tertiary/aromatic N) is 3. The maximum atomic E-state index is 12.4. The molecular weight excluding hydrogens is 334 g/mol. The fourth-order valence-electron chi connectivity index (χ4n) is 2.40. The number of nitrogens with one attached hydrogen (secondary N) is 2. The molecule has 6 nitrogen and oxygen atoms in total. The highest BCUT2D eigenvalue weighted by Crippen LogP contribution is 2.24. The molecule has 0 fully saturated rings. The Morgan fingerprint density at radius 2 is 2.08 bits per heavy atom. The number of rotatable bonds is 5. The van der Waals surface area contributed by atoms with Crippen LogP contribution in [0.15, 0.2) is 23.6 Å². The number of amides is 1. The van der Waals surface area contributed by atoms with E-state index in [0.29, 0.717) is 11.7 Å². The minimum atomic E-state index is -0.0768. The van der Waals surface area contributed by atoms with Gasteiger partial charge in [-0.2, -0.15) is 5.10 Å². The fraction of sp³-hybridized carbons (Fsp3) is 0.333. The predicted molar refractivity (Wildman–Crippen MR) is 99.8 cm³/mol. The molecule has 3 aromatic rings. The van der Waals surface area contributed by atoms with Crippen LogP contribution in [0.4, 0.5) is 5.69 Å². The maximum absolute atomic E-state index is 12.4. The molecule has 25 heavy (non-hydrogen) atoms. The minimum Gasteiger partial charge on any atom is -0.325 e. The van der Waals surface area contributed by atoms with Crippen LogP contribution in [0.1, 0.15) is 41.9 Å². The average Bonchev–Trinajstić information content (AvgIpc) is 3.18. The number of carbonyl (C=O) groups excluding carboxylic acids is 1. The van der Waals surface area contributed by atoms with E-state index in [1.807, 2.05) is 37.4 Å². The Hall–Kier alpha value is -2.54. The second kappa shape index (κ2) is 7.14. The van der Waals surface area contributed by atoms with Crippen molar-refractivity contribution in [2.45, 2.75) is 40.0 Å². The van der Waals surface area contributed by atoms with Gasteiger partial charge in [-0.25, -0.2) is 9.97 Å². The fourth-order valence-corrected chi connectivity index (χ4v) is 3.23. The summed E-state index contributed by atoms with van der Waals surface area (Å²) in [5.74, 6) is 1.68. The Kier molecular flexibility index (Phi) is 4.94. The lowest BCUT2D eigenvalue weighted by molar-refractivity contribution is -0.115. The molecule has 0 aliphatic heterocycles. The second-order valence-electron chi connectivity index (χ2n) is 6.33. The number of hydrogen-bond acceptors (Lipinski definition) is 5. The van der Waals surface area contributed by atoms with Crippen LogP contribution in [-0.4, -0.2) is 26.1 Å². The third-order valence-electron chi connectivity index (χ3n) is 3.77. The van der Waals surface area contributed by atoms with Crippen LogP contribution in [0.3, 0.4) is 0 Å². The van der Waals surface area contributed by atoms with Gasteiger partial charge >= 0.3 is 0 Å². The lowest BCUT2D eigenvalue weighted by atomic mass is 10.1. The average molecular weight is 355 g/mol. The summed E-state index contributed by atoms with van der Waals surface area (Å²) in [5, 5.41) is 13.0. The summed E-state index contributed by atoms with van der Waals surface area (Å²) < 4.78 is 0. The third-order valence-corrected chi connectivity index (χ3v) is 4.97. The smallest absolute Gasteiger partial charge is 0.230 e. The number of aryl methyl sites for hydroxylation is 2. The molecule has 3 rings (SSSR count). The summed E-state index contributed by atoms with van der Waals surface area (Å²) in [4.78, 5) is 21.2. The molecule has 1 amide bonds. The first-order valence-electron chi connectivity index (χ1n) is 8.16. The van der Waals surface area contributed by atoms with E-state index in [9.17, 15) is 4.79 Å². The topological polar surface area (TPSA) is 83.6 Å². The van der Waals surface area contributed by atoms with E-state index in [4.69, 9.17) is 0 Å². The van der Waals surface area contributed by atoms with Gasteiger partial charge in [0.05, 0.1) is 17.1 Å². The first-order valence-corrected chi connectivity index (χ1v) is 9.04. The number of aromatic amines is 1. The SMILES string of the molecule is Cc1nc(-c2ccc(C)c(NC(=O)Cc3csc(C(C)C)n3)c2)n[nH]1. The first kappa shape index (κ1) is 17.3. The second-order valence-corrected chi connectivity index (χ2v) is 7.22. The standard InChI is InChI=1S/C18H21N5OS/c1-10(2)18-20-14(9-25-18)8-16(24)21-15-7-13(6-5-11(15)3)17-19-12(4)22-23-17/h5-7,9-10H,8H2,1-4H3,(H,21,24)(H,19,22,23). The van der Waals surface area contributed by atoms with Crippen molar-refractivity contribution in [2.75, 3.05) is 5.32 Å². The summed E-state index contributed by atoms with van der Waals surface area (Å²) in [6.45, 7) is 8.01. The molecule has 2 aromatic heterocycles. The summed E-state index contributed by atoms with van der Waals surface area (Å²) in [7, 11) is 0. The molecule has 0 saturated carbocycles. The molecule has 0 spiro atoms. The highest BCUT2D eigenvalue weighted by atomic mass is 32.1. The monoisotopic (exact) mass is 355 g/mol. The predicted octanol–water partition coefficient (Wildman–Crippen LogP) is 3.85. The number of H-pyrrole nitrogens is 1. The van der Waals surface area contributed by atoms with Crippen LogP contribution in [0, 0.1) is 13.8 Å². The van der Waals surface area contributed by atoms with Crippen molar-refractivity contribution in [3.05, 3.63) is 45.7 Å². The van der Waals surface area contributed by atoms with Crippen molar-refractivity contribution in [1.82, 2.24) is 20.2 Å². The van der Waals surface area contributed by atoms with E-state index < -0.39 is 0 Å². The minimum absolute atomic E-state index is 0.0768.